The molecule has 0 fully saturated rings. The molecule has 0 unspecified atom stereocenters. The summed E-state index contributed by atoms with van der Waals surface area (Å²) in [7, 11) is 0. The molecule has 0 bridgehead atoms. The van der Waals surface area contributed by atoms with Crippen LogP contribution in [0.1, 0.15) is 22.5 Å². The van der Waals surface area contributed by atoms with Gasteiger partial charge in [-0.3, -0.25) is 25.2 Å². The standard InChI is InChI=1S/C14H14FN3O3S/c1-9-8-22-14(21)18(9)7-6-12(19)16-17-13(20)10-2-4-11(15)5-3-10/h2-5,8H,6-7H2,1H3,(H,16,19)(H,17,20). The summed E-state index contributed by atoms with van der Waals surface area (Å²) in [5.41, 5.74) is 5.50. The minimum Gasteiger partial charge on any atom is -0.303 e. The Balaban J connectivity index is 1.81. The first-order valence-electron chi connectivity index (χ1n) is 6.47. The highest BCUT2D eigenvalue weighted by Crippen LogP contribution is 2.02. The van der Waals surface area contributed by atoms with Crippen LogP contribution in [-0.2, 0) is 11.3 Å². The number of thiazole rings is 1. The Bertz CT molecular complexity index is 737. The Kier molecular flexibility index (Phi) is 5.05. The van der Waals surface area contributed by atoms with Crippen molar-refractivity contribution in [2.45, 2.75) is 19.9 Å². The van der Waals surface area contributed by atoms with Crippen molar-refractivity contribution in [1.82, 2.24) is 15.4 Å². The molecule has 0 aliphatic heterocycles. The molecule has 22 heavy (non-hydrogen) atoms. The fourth-order valence-electron chi connectivity index (χ4n) is 1.75. The lowest BCUT2D eigenvalue weighted by molar-refractivity contribution is -0.122. The van der Waals surface area contributed by atoms with Gasteiger partial charge in [0.2, 0.25) is 5.91 Å². The van der Waals surface area contributed by atoms with Gasteiger partial charge in [-0.2, -0.15) is 0 Å². The summed E-state index contributed by atoms with van der Waals surface area (Å²) in [5.74, 6) is -1.41. The molecule has 8 heteroatoms. The molecule has 2 N–H and O–H groups in total. The molecule has 1 aromatic carbocycles. The van der Waals surface area contributed by atoms with Gasteiger partial charge in [0.1, 0.15) is 5.82 Å². The van der Waals surface area contributed by atoms with E-state index in [9.17, 15) is 18.8 Å². The zero-order chi connectivity index (χ0) is 16.1. The Morgan fingerprint density at radius 3 is 2.50 bits per heavy atom. The number of hydrazine groups is 1. The maximum atomic E-state index is 12.7. The zero-order valence-electron chi connectivity index (χ0n) is 11.8. The van der Waals surface area contributed by atoms with Crippen molar-refractivity contribution in [3.63, 3.8) is 0 Å². The third-order valence-electron chi connectivity index (χ3n) is 2.96. The van der Waals surface area contributed by atoms with Gasteiger partial charge in [0.05, 0.1) is 0 Å². The Morgan fingerprint density at radius 2 is 1.91 bits per heavy atom. The summed E-state index contributed by atoms with van der Waals surface area (Å²) in [6.07, 6.45) is 0.0567. The third kappa shape index (κ3) is 4.01. The summed E-state index contributed by atoms with van der Waals surface area (Å²) in [4.78, 5) is 34.7. The number of hydrogen-bond donors (Lipinski definition) is 2. The molecule has 0 aliphatic carbocycles. The van der Waals surface area contributed by atoms with Crippen LogP contribution in [0.2, 0.25) is 0 Å². The van der Waals surface area contributed by atoms with E-state index in [2.05, 4.69) is 10.9 Å². The number of benzene rings is 1. The molecule has 2 rings (SSSR count). The molecule has 2 aromatic rings. The highest BCUT2D eigenvalue weighted by molar-refractivity contribution is 7.07. The summed E-state index contributed by atoms with van der Waals surface area (Å²) >= 11 is 1.07. The van der Waals surface area contributed by atoms with Crippen molar-refractivity contribution in [3.05, 3.63) is 56.4 Å². The average Bonchev–Trinajstić information content (AvgIpc) is 2.82. The smallest absolute Gasteiger partial charge is 0.303 e. The Labute approximate surface area is 129 Å². The van der Waals surface area contributed by atoms with E-state index in [1.165, 1.54) is 16.7 Å². The van der Waals surface area contributed by atoms with E-state index in [0.29, 0.717) is 0 Å². The van der Waals surface area contributed by atoms with Gasteiger partial charge in [0.15, 0.2) is 0 Å². The van der Waals surface area contributed by atoms with Gasteiger partial charge >= 0.3 is 4.87 Å². The molecule has 0 saturated carbocycles. The van der Waals surface area contributed by atoms with Gasteiger partial charge < -0.3 is 4.57 Å². The fraction of sp³-hybridized carbons (Fsp3) is 0.214. The second kappa shape index (κ2) is 6.99. The van der Waals surface area contributed by atoms with Gasteiger partial charge in [-0.05, 0) is 31.2 Å². The highest BCUT2D eigenvalue weighted by Gasteiger charge is 2.09. The van der Waals surface area contributed by atoms with Crippen LogP contribution in [0, 0.1) is 12.7 Å². The predicted molar refractivity (Wildman–Crippen MR) is 79.9 cm³/mol. The number of carbonyl (C=O) groups is 2. The van der Waals surface area contributed by atoms with Crippen LogP contribution in [0.4, 0.5) is 4.39 Å². The number of rotatable bonds is 4. The van der Waals surface area contributed by atoms with E-state index in [0.717, 1.165) is 29.2 Å². The number of hydrogen-bond acceptors (Lipinski definition) is 4. The molecule has 2 amide bonds. The first-order valence-corrected chi connectivity index (χ1v) is 7.35. The number of aromatic nitrogens is 1. The van der Waals surface area contributed by atoms with Crippen molar-refractivity contribution in [1.29, 1.82) is 0 Å². The summed E-state index contributed by atoms with van der Waals surface area (Å²) in [6, 6.07) is 4.93. The maximum Gasteiger partial charge on any atom is 0.307 e. The molecule has 0 atom stereocenters. The second-order valence-corrected chi connectivity index (χ2v) is 5.37. The quantitative estimate of drug-likeness (QED) is 0.830. The van der Waals surface area contributed by atoms with E-state index in [1.54, 1.807) is 12.3 Å². The van der Waals surface area contributed by atoms with Crippen LogP contribution in [0.25, 0.3) is 0 Å². The van der Waals surface area contributed by atoms with Crippen LogP contribution in [0.3, 0.4) is 0 Å². The molecular weight excluding hydrogens is 309 g/mol. The van der Waals surface area contributed by atoms with Gasteiger partial charge in [0.25, 0.3) is 5.91 Å². The van der Waals surface area contributed by atoms with Crippen LogP contribution in [-0.4, -0.2) is 16.4 Å². The second-order valence-electron chi connectivity index (χ2n) is 4.55. The predicted octanol–water partition coefficient (Wildman–Crippen LogP) is 1.21. The number of carbonyl (C=O) groups excluding carboxylic acids is 2. The molecule has 1 heterocycles. The van der Waals surface area contributed by atoms with Crippen LogP contribution >= 0.6 is 11.3 Å². The number of aryl methyl sites for hydroxylation is 1. The topological polar surface area (TPSA) is 80.2 Å². The Morgan fingerprint density at radius 1 is 1.23 bits per heavy atom. The molecule has 6 nitrogen and oxygen atoms in total. The minimum atomic E-state index is -0.544. The largest absolute Gasteiger partial charge is 0.307 e. The van der Waals surface area contributed by atoms with E-state index in [4.69, 9.17) is 0 Å². The molecule has 0 radical (unpaired) electrons. The SMILES string of the molecule is Cc1csc(=O)n1CCC(=O)NNC(=O)c1ccc(F)cc1. The first kappa shape index (κ1) is 15.9. The van der Waals surface area contributed by atoms with Crippen molar-refractivity contribution >= 4 is 23.2 Å². The Hall–Kier alpha value is -2.48. The first-order chi connectivity index (χ1) is 10.5. The summed E-state index contributed by atoms with van der Waals surface area (Å²) < 4.78 is 14.2. The van der Waals surface area contributed by atoms with E-state index in [-0.39, 0.29) is 23.4 Å². The highest BCUT2D eigenvalue weighted by atomic mass is 32.1. The number of amides is 2. The van der Waals surface area contributed by atoms with Crippen molar-refractivity contribution in [2.24, 2.45) is 0 Å². The summed E-state index contributed by atoms with van der Waals surface area (Å²) in [5, 5.41) is 1.72. The average molecular weight is 323 g/mol. The van der Waals surface area contributed by atoms with Gasteiger partial charge in [0, 0.05) is 29.6 Å². The van der Waals surface area contributed by atoms with Crippen LogP contribution < -0.4 is 15.7 Å². The molecule has 0 aliphatic rings. The normalized spacial score (nSPS) is 10.3. The monoisotopic (exact) mass is 323 g/mol. The van der Waals surface area contributed by atoms with E-state index in [1.807, 2.05) is 0 Å². The zero-order valence-corrected chi connectivity index (χ0v) is 12.6. The molecule has 116 valence electrons. The lowest BCUT2D eigenvalue weighted by Gasteiger charge is -2.08. The minimum absolute atomic E-state index is 0.0567. The molecule has 0 saturated heterocycles. The third-order valence-corrected chi connectivity index (χ3v) is 3.84. The maximum absolute atomic E-state index is 12.7. The number of nitrogens with zero attached hydrogens (tertiary/aromatic N) is 1. The van der Waals surface area contributed by atoms with Gasteiger partial charge in [-0.1, -0.05) is 11.3 Å². The van der Waals surface area contributed by atoms with Crippen molar-refractivity contribution < 1.29 is 14.0 Å². The fourth-order valence-corrected chi connectivity index (χ4v) is 2.51. The lowest BCUT2D eigenvalue weighted by atomic mass is 10.2. The number of halogens is 1. The molecule has 0 spiro atoms. The number of nitrogens with one attached hydrogen (secondary N) is 2. The molecule has 1 aromatic heterocycles. The van der Waals surface area contributed by atoms with Gasteiger partial charge in [-0.25, -0.2) is 4.39 Å². The van der Waals surface area contributed by atoms with E-state index >= 15 is 0 Å². The summed E-state index contributed by atoms with van der Waals surface area (Å²) in [6.45, 7) is 2.03. The van der Waals surface area contributed by atoms with Crippen LogP contribution in [0.15, 0.2) is 34.4 Å². The van der Waals surface area contributed by atoms with Crippen molar-refractivity contribution in [2.75, 3.05) is 0 Å². The lowest BCUT2D eigenvalue weighted by Crippen LogP contribution is -2.42. The van der Waals surface area contributed by atoms with E-state index < -0.39 is 17.6 Å². The van der Waals surface area contributed by atoms with Gasteiger partial charge in [-0.15, -0.1) is 0 Å². The van der Waals surface area contributed by atoms with Crippen LogP contribution in [0.5, 0.6) is 0 Å². The molecular formula is C14H14FN3O3S. The van der Waals surface area contributed by atoms with Crippen molar-refractivity contribution in [3.8, 4) is 0 Å².